The van der Waals surface area contributed by atoms with E-state index >= 15 is 0 Å². The standard InChI is InChI=1S/C17H24N6/c1-12-5-3-4-10-23(12)11-14-6-8-15(9-7-14)21-17-20-13(2)19-16(18)22-17/h6-9,12H,3-5,10-11H2,1-2H3,(H3,18,19,20,21,22). The molecule has 3 N–H and O–H groups in total. The van der Waals surface area contributed by atoms with E-state index in [2.05, 4.69) is 56.4 Å². The number of nitrogen functional groups attached to an aromatic ring is 1. The summed E-state index contributed by atoms with van der Waals surface area (Å²) < 4.78 is 0. The second-order valence-corrected chi connectivity index (χ2v) is 6.20. The number of nitrogens with one attached hydrogen (secondary N) is 1. The highest BCUT2D eigenvalue weighted by molar-refractivity contribution is 5.54. The van der Waals surface area contributed by atoms with Gasteiger partial charge in [0.05, 0.1) is 0 Å². The number of benzene rings is 1. The summed E-state index contributed by atoms with van der Waals surface area (Å²) in [5, 5.41) is 3.17. The van der Waals surface area contributed by atoms with Crippen LogP contribution in [0.5, 0.6) is 0 Å². The molecule has 1 aliphatic rings. The molecular formula is C17H24N6. The van der Waals surface area contributed by atoms with Gasteiger partial charge in [-0.15, -0.1) is 0 Å². The first-order valence-corrected chi connectivity index (χ1v) is 8.18. The van der Waals surface area contributed by atoms with Crippen LogP contribution in [0, 0.1) is 6.92 Å². The quantitative estimate of drug-likeness (QED) is 0.903. The molecule has 0 bridgehead atoms. The maximum Gasteiger partial charge on any atom is 0.232 e. The van der Waals surface area contributed by atoms with Gasteiger partial charge in [-0.2, -0.15) is 15.0 Å². The maximum atomic E-state index is 5.65. The van der Waals surface area contributed by atoms with Crippen LogP contribution in [0.25, 0.3) is 0 Å². The minimum absolute atomic E-state index is 0.232. The number of aromatic nitrogens is 3. The van der Waals surface area contributed by atoms with Crippen molar-refractivity contribution < 1.29 is 0 Å². The van der Waals surface area contributed by atoms with Crippen molar-refractivity contribution in [1.82, 2.24) is 19.9 Å². The fraction of sp³-hybridized carbons (Fsp3) is 0.471. The lowest BCUT2D eigenvalue weighted by molar-refractivity contribution is 0.152. The summed E-state index contributed by atoms with van der Waals surface area (Å²) in [4.78, 5) is 14.9. The number of aryl methyl sites for hydroxylation is 1. The van der Waals surface area contributed by atoms with Crippen LogP contribution >= 0.6 is 0 Å². The lowest BCUT2D eigenvalue weighted by Crippen LogP contribution is -2.36. The molecular weight excluding hydrogens is 288 g/mol. The van der Waals surface area contributed by atoms with Gasteiger partial charge in [0.15, 0.2) is 0 Å². The van der Waals surface area contributed by atoms with Crippen LogP contribution in [0.2, 0.25) is 0 Å². The molecule has 1 aromatic heterocycles. The number of likely N-dealkylation sites (tertiary alicyclic amines) is 1. The van der Waals surface area contributed by atoms with Gasteiger partial charge in [-0.3, -0.25) is 4.90 Å². The molecule has 0 spiro atoms. The maximum absolute atomic E-state index is 5.65. The molecule has 3 rings (SSSR count). The number of anilines is 3. The van der Waals surface area contributed by atoms with Crippen molar-refractivity contribution in [2.75, 3.05) is 17.6 Å². The van der Waals surface area contributed by atoms with Gasteiger partial charge in [0.1, 0.15) is 5.82 Å². The second-order valence-electron chi connectivity index (χ2n) is 6.20. The first kappa shape index (κ1) is 15.7. The predicted molar refractivity (Wildman–Crippen MR) is 92.4 cm³/mol. The first-order valence-electron chi connectivity index (χ1n) is 8.18. The summed E-state index contributed by atoms with van der Waals surface area (Å²) >= 11 is 0. The van der Waals surface area contributed by atoms with Crippen molar-refractivity contribution >= 4 is 17.6 Å². The third-order valence-corrected chi connectivity index (χ3v) is 4.30. The van der Waals surface area contributed by atoms with Crippen LogP contribution in [0.4, 0.5) is 17.6 Å². The predicted octanol–water partition coefficient (Wildman–Crippen LogP) is 2.88. The highest BCUT2D eigenvalue weighted by atomic mass is 15.2. The summed E-state index contributed by atoms with van der Waals surface area (Å²) in [6, 6.07) is 9.10. The Balaban J connectivity index is 1.64. The molecule has 1 atom stereocenters. The number of hydrogen-bond donors (Lipinski definition) is 2. The van der Waals surface area contributed by atoms with Crippen molar-refractivity contribution in [1.29, 1.82) is 0 Å². The van der Waals surface area contributed by atoms with Gasteiger partial charge in [-0.25, -0.2) is 0 Å². The van der Waals surface area contributed by atoms with E-state index in [4.69, 9.17) is 5.73 Å². The summed E-state index contributed by atoms with van der Waals surface area (Å²) in [6.07, 6.45) is 3.97. The third kappa shape index (κ3) is 4.16. The molecule has 1 unspecified atom stereocenters. The zero-order chi connectivity index (χ0) is 16.2. The van der Waals surface area contributed by atoms with Crippen molar-refractivity contribution in [3.8, 4) is 0 Å². The molecule has 0 amide bonds. The van der Waals surface area contributed by atoms with Gasteiger partial charge in [0.2, 0.25) is 11.9 Å². The Hall–Kier alpha value is -2.21. The van der Waals surface area contributed by atoms with Gasteiger partial charge in [-0.1, -0.05) is 18.6 Å². The van der Waals surface area contributed by atoms with Crippen molar-refractivity contribution in [3.63, 3.8) is 0 Å². The van der Waals surface area contributed by atoms with E-state index in [9.17, 15) is 0 Å². The molecule has 1 fully saturated rings. The van der Waals surface area contributed by atoms with E-state index in [1.807, 2.05) is 0 Å². The van der Waals surface area contributed by atoms with Crippen molar-refractivity contribution in [3.05, 3.63) is 35.7 Å². The Morgan fingerprint density at radius 2 is 1.96 bits per heavy atom. The molecule has 122 valence electrons. The molecule has 6 heteroatoms. The average Bonchev–Trinajstić information content (AvgIpc) is 2.50. The molecule has 23 heavy (non-hydrogen) atoms. The van der Waals surface area contributed by atoms with E-state index in [0.717, 1.165) is 12.2 Å². The Kier molecular flexibility index (Phi) is 4.71. The highest BCUT2D eigenvalue weighted by Crippen LogP contribution is 2.20. The Labute approximate surface area is 137 Å². The molecule has 0 aliphatic carbocycles. The highest BCUT2D eigenvalue weighted by Gasteiger charge is 2.17. The van der Waals surface area contributed by atoms with Crippen molar-refractivity contribution in [2.24, 2.45) is 0 Å². The van der Waals surface area contributed by atoms with Crippen LogP contribution < -0.4 is 11.1 Å². The topological polar surface area (TPSA) is 80.0 Å². The van der Waals surface area contributed by atoms with Crippen LogP contribution in [-0.2, 0) is 6.54 Å². The number of hydrogen-bond acceptors (Lipinski definition) is 6. The van der Waals surface area contributed by atoms with Crippen LogP contribution in [-0.4, -0.2) is 32.4 Å². The Morgan fingerprint density at radius 1 is 1.17 bits per heavy atom. The van der Waals surface area contributed by atoms with Crippen LogP contribution in [0.1, 0.15) is 37.6 Å². The Morgan fingerprint density at radius 3 is 2.65 bits per heavy atom. The molecule has 1 saturated heterocycles. The van der Waals surface area contributed by atoms with Crippen LogP contribution in [0.15, 0.2) is 24.3 Å². The van der Waals surface area contributed by atoms with Gasteiger partial charge < -0.3 is 11.1 Å². The van der Waals surface area contributed by atoms with E-state index in [1.165, 1.54) is 31.4 Å². The monoisotopic (exact) mass is 312 g/mol. The van der Waals surface area contributed by atoms with Gasteiger partial charge in [0, 0.05) is 18.3 Å². The molecule has 2 aromatic rings. The zero-order valence-electron chi connectivity index (χ0n) is 13.8. The molecule has 1 aromatic carbocycles. The average molecular weight is 312 g/mol. The molecule has 0 saturated carbocycles. The minimum atomic E-state index is 0.232. The first-order chi connectivity index (χ1) is 11.1. The van der Waals surface area contributed by atoms with E-state index < -0.39 is 0 Å². The smallest absolute Gasteiger partial charge is 0.232 e. The fourth-order valence-electron chi connectivity index (χ4n) is 3.01. The number of nitrogens with zero attached hydrogens (tertiary/aromatic N) is 4. The Bertz CT molecular complexity index is 634. The van der Waals surface area contributed by atoms with Gasteiger partial charge in [0.25, 0.3) is 0 Å². The molecule has 6 nitrogen and oxygen atoms in total. The van der Waals surface area contributed by atoms with E-state index in [1.54, 1.807) is 6.92 Å². The number of piperidine rings is 1. The van der Waals surface area contributed by atoms with Gasteiger partial charge >= 0.3 is 0 Å². The lowest BCUT2D eigenvalue weighted by atomic mass is 10.0. The fourth-order valence-corrected chi connectivity index (χ4v) is 3.01. The molecule has 1 aliphatic heterocycles. The zero-order valence-corrected chi connectivity index (χ0v) is 13.8. The minimum Gasteiger partial charge on any atom is -0.368 e. The normalized spacial score (nSPS) is 18.8. The lowest BCUT2D eigenvalue weighted by Gasteiger charge is -2.33. The summed E-state index contributed by atoms with van der Waals surface area (Å²) in [5.74, 6) is 1.32. The number of rotatable bonds is 4. The largest absolute Gasteiger partial charge is 0.368 e. The van der Waals surface area contributed by atoms with Crippen molar-refractivity contribution in [2.45, 2.75) is 45.7 Å². The summed E-state index contributed by atoms with van der Waals surface area (Å²) in [7, 11) is 0. The molecule has 0 radical (unpaired) electrons. The SMILES string of the molecule is Cc1nc(N)nc(Nc2ccc(CN3CCCCC3C)cc2)n1. The van der Waals surface area contributed by atoms with E-state index in [0.29, 0.717) is 17.8 Å². The van der Waals surface area contributed by atoms with Gasteiger partial charge in [-0.05, 0) is 50.9 Å². The summed E-state index contributed by atoms with van der Waals surface area (Å²) in [5.41, 5.74) is 7.93. The third-order valence-electron chi connectivity index (χ3n) is 4.30. The van der Waals surface area contributed by atoms with Crippen LogP contribution in [0.3, 0.4) is 0 Å². The summed E-state index contributed by atoms with van der Waals surface area (Å²) in [6.45, 7) is 6.33. The number of nitrogens with two attached hydrogens (primary N) is 1. The van der Waals surface area contributed by atoms with E-state index in [-0.39, 0.29) is 5.95 Å². The molecule has 2 heterocycles. The second kappa shape index (κ2) is 6.91.